The van der Waals surface area contributed by atoms with Crippen LogP contribution in [0.25, 0.3) is 11.3 Å². The van der Waals surface area contributed by atoms with Crippen LogP contribution in [0.5, 0.6) is 0 Å². The highest BCUT2D eigenvalue weighted by Gasteiger charge is 2.03. The summed E-state index contributed by atoms with van der Waals surface area (Å²) in [6.45, 7) is 3.83. The first-order valence-electron chi connectivity index (χ1n) is 6.14. The molecule has 1 aromatic heterocycles. The standard InChI is InChI=1S/C14H19N3/c1-2-17-11-16-10-14(17)13-7-5-12(6-8-13)4-3-9-15/h5-8,10-11H,2-4,9,15H2,1H3. The van der Waals surface area contributed by atoms with E-state index in [9.17, 15) is 0 Å². The highest BCUT2D eigenvalue weighted by Crippen LogP contribution is 2.19. The summed E-state index contributed by atoms with van der Waals surface area (Å²) in [5.41, 5.74) is 9.26. The number of benzene rings is 1. The topological polar surface area (TPSA) is 43.8 Å². The van der Waals surface area contributed by atoms with E-state index >= 15 is 0 Å². The van der Waals surface area contributed by atoms with Gasteiger partial charge in [-0.2, -0.15) is 0 Å². The van der Waals surface area contributed by atoms with E-state index in [0.29, 0.717) is 0 Å². The van der Waals surface area contributed by atoms with Gasteiger partial charge < -0.3 is 10.3 Å². The number of rotatable bonds is 5. The van der Waals surface area contributed by atoms with Crippen molar-refractivity contribution in [3.63, 3.8) is 0 Å². The normalized spacial score (nSPS) is 10.7. The van der Waals surface area contributed by atoms with Gasteiger partial charge in [-0.15, -0.1) is 0 Å². The van der Waals surface area contributed by atoms with Gasteiger partial charge in [0.25, 0.3) is 0 Å². The Labute approximate surface area is 102 Å². The van der Waals surface area contributed by atoms with Crippen molar-refractivity contribution in [1.82, 2.24) is 9.55 Å². The van der Waals surface area contributed by atoms with Gasteiger partial charge in [0.15, 0.2) is 0 Å². The molecule has 0 atom stereocenters. The molecule has 0 saturated carbocycles. The largest absolute Gasteiger partial charge is 0.331 e. The minimum Gasteiger partial charge on any atom is -0.331 e. The van der Waals surface area contributed by atoms with Gasteiger partial charge in [0.1, 0.15) is 0 Å². The van der Waals surface area contributed by atoms with Crippen molar-refractivity contribution in [1.29, 1.82) is 0 Å². The molecule has 2 rings (SSSR count). The predicted octanol–water partition coefficient (Wildman–Crippen LogP) is 2.46. The predicted molar refractivity (Wildman–Crippen MR) is 70.7 cm³/mol. The summed E-state index contributed by atoms with van der Waals surface area (Å²) in [5.74, 6) is 0. The third kappa shape index (κ3) is 2.74. The Morgan fingerprint density at radius 1 is 1.24 bits per heavy atom. The molecule has 3 nitrogen and oxygen atoms in total. The molecule has 0 radical (unpaired) electrons. The Morgan fingerprint density at radius 2 is 2.00 bits per heavy atom. The summed E-state index contributed by atoms with van der Waals surface area (Å²) in [7, 11) is 0. The number of imidazole rings is 1. The zero-order valence-corrected chi connectivity index (χ0v) is 10.3. The van der Waals surface area contributed by atoms with E-state index in [1.54, 1.807) is 0 Å². The zero-order valence-electron chi connectivity index (χ0n) is 10.3. The molecule has 0 aliphatic rings. The highest BCUT2D eigenvalue weighted by atomic mass is 15.0. The van der Waals surface area contributed by atoms with Crippen molar-refractivity contribution in [2.75, 3.05) is 6.54 Å². The van der Waals surface area contributed by atoms with E-state index in [-0.39, 0.29) is 0 Å². The number of aromatic nitrogens is 2. The van der Waals surface area contributed by atoms with Crippen LogP contribution in [-0.2, 0) is 13.0 Å². The van der Waals surface area contributed by atoms with Gasteiger partial charge in [0, 0.05) is 6.54 Å². The van der Waals surface area contributed by atoms with E-state index < -0.39 is 0 Å². The third-order valence-electron chi connectivity index (χ3n) is 2.97. The van der Waals surface area contributed by atoms with Crippen LogP contribution in [0.15, 0.2) is 36.8 Å². The molecule has 0 aliphatic heterocycles. The molecular weight excluding hydrogens is 210 g/mol. The number of nitrogens with two attached hydrogens (primary N) is 1. The van der Waals surface area contributed by atoms with Gasteiger partial charge in [-0.1, -0.05) is 24.3 Å². The highest BCUT2D eigenvalue weighted by molar-refractivity contribution is 5.59. The van der Waals surface area contributed by atoms with Gasteiger partial charge in [-0.3, -0.25) is 0 Å². The Bertz CT molecular complexity index is 457. The second-order valence-corrected chi connectivity index (χ2v) is 4.15. The molecule has 0 aliphatic carbocycles. The average molecular weight is 229 g/mol. The quantitative estimate of drug-likeness (QED) is 0.856. The fourth-order valence-electron chi connectivity index (χ4n) is 1.96. The molecule has 0 unspecified atom stereocenters. The van der Waals surface area contributed by atoms with Crippen molar-refractivity contribution in [2.45, 2.75) is 26.3 Å². The fourth-order valence-corrected chi connectivity index (χ4v) is 1.96. The van der Waals surface area contributed by atoms with E-state index in [4.69, 9.17) is 5.73 Å². The van der Waals surface area contributed by atoms with E-state index in [2.05, 4.69) is 40.7 Å². The minimum atomic E-state index is 0.754. The summed E-state index contributed by atoms with van der Waals surface area (Å²) < 4.78 is 2.15. The van der Waals surface area contributed by atoms with Crippen LogP contribution in [-0.4, -0.2) is 16.1 Å². The monoisotopic (exact) mass is 229 g/mol. The van der Waals surface area contributed by atoms with Crippen LogP contribution >= 0.6 is 0 Å². The van der Waals surface area contributed by atoms with Crippen LogP contribution < -0.4 is 5.73 Å². The molecule has 2 N–H and O–H groups in total. The Kier molecular flexibility index (Phi) is 3.94. The van der Waals surface area contributed by atoms with Gasteiger partial charge in [-0.25, -0.2) is 4.98 Å². The Balaban J connectivity index is 2.17. The molecule has 1 aromatic carbocycles. The second-order valence-electron chi connectivity index (χ2n) is 4.15. The van der Waals surface area contributed by atoms with Crippen molar-refractivity contribution >= 4 is 0 Å². The molecular formula is C14H19N3. The lowest BCUT2D eigenvalue weighted by Crippen LogP contribution is -2.00. The lowest BCUT2D eigenvalue weighted by Gasteiger charge is -2.06. The van der Waals surface area contributed by atoms with E-state index in [1.807, 2.05) is 12.5 Å². The van der Waals surface area contributed by atoms with E-state index in [0.717, 1.165) is 25.9 Å². The van der Waals surface area contributed by atoms with Gasteiger partial charge >= 0.3 is 0 Å². The number of aryl methyl sites for hydroxylation is 2. The molecule has 0 fully saturated rings. The smallest absolute Gasteiger partial charge is 0.0950 e. The molecule has 0 saturated heterocycles. The summed E-state index contributed by atoms with van der Waals surface area (Å²) >= 11 is 0. The Morgan fingerprint density at radius 3 is 2.65 bits per heavy atom. The lowest BCUT2D eigenvalue weighted by atomic mass is 10.1. The molecule has 1 heterocycles. The van der Waals surface area contributed by atoms with Crippen LogP contribution in [0.3, 0.4) is 0 Å². The third-order valence-corrected chi connectivity index (χ3v) is 2.97. The molecule has 3 heteroatoms. The number of hydrogen-bond donors (Lipinski definition) is 1. The summed E-state index contributed by atoms with van der Waals surface area (Å²) in [4.78, 5) is 4.19. The van der Waals surface area contributed by atoms with Crippen molar-refractivity contribution in [3.05, 3.63) is 42.4 Å². The van der Waals surface area contributed by atoms with Crippen LogP contribution in [0.2, 0.25) is 0 Å². The molecule has 90 valence electrons. The van der Waals surface area contributed by atoms with Crippen LogP contribution in [0.4, 0.5) is 0 Å². The lowest BCUT2D eigenvalue weighted by molar-refractivity contribution is 0.768. The van der Waals surface area contributed by atoms with Crippen molar-refractivity contribution in [2.24, 2.45) is 5.73 Å². The molecule has 2 aromatic rings. The maximum absolute atomic E-state index is 5.51. The van der Waals surface area contributed by atoms with Gasteiger partial charge in [0.05, 0.1) is 18.2 Å². The van der Waals surface area contributed by atoms with Gasteiger partial charge in [0.2, 0.25) is 0 Å². The molecule has 17 heavy (non-hydrogen) atoms. The van der Waals surface area contributed by atoms with Crippen LogP contribution in [0.1, 0.15) is 18.9 Å². The first-order valence-corrected chi connectivity index (χ1v) is 6.14. The first-order chi connectivity index (χ1) is 8.35. The molecule has 0 amide bonds. The fraction of sp³-hybridized carbons (Fsp3) is 0.357. The van der Waals surface area contributed by atoms with Crippen LogP contribution in [0, 0.1) is 0 Å². The van der Waals surface area contributed by atoms with Crippen molar-refractivity contribution in [3.8, 4) is 11.3 Å². The van der Waals surface area contributed by atoms with Gasteiger partial charge in [-0.05, 0) is 37.4 Å². The molecule has 0 spiro atoms. The zero-order chi connectivity index (χ0) is 12.1. The number of hydrogen-bond acceptors (Lipinski definition) is 2. The maximum atomic E-state index is 5.51. The average Bonchev–Trinajstić information content (AvgIpc) is 2.85. The minimum absolute atomic E-state index is 0.754. The van der Waals surface area contributed by atoms with E-state index in [1.165, 1.54) is 16.8 Å². The summed E-state index contributed by atoms with van der Waals surface area (Å²) in [5, 5.41) is 0. The number of nitrogens with zero attached hydrogens (tertiary/aromatic N) is 2. The summed E-state index contributed by atoms with van der Waals surface area (Å²) in [6.07, 6.45) is 5.89. The Hall–Kier alpha value is -1.61. The maximum Gasteiger partial charge on any atom is 0.0950 e. The SMILES string of the molecule is CCn1cncc1-c1ccc(CCCN)cc1. The van der Waals surface area contributed by atoms with Crippen molar-refractivity contribution < 1.29 is 0 Å². The summed E-state index contributed by atoms with van der Waals surface area (Å²) in [6, 6.07) is 8.68. The second kappa shape index (κ2) is 5.64. The molecule has 0 bridgehead atoms. The first kappa shape index (κ1) is 11.9.